The van der Waals surface area contributed by atoms with Crippen molar-refractivity contribution in [1.82, 2.24) is 10.6 Å². The van der Waals surface area contributed by atoms with Gasteiger partial charge in [-0.2, -0.15) is 0 Å². The first-order chi connectivity index (χ1) is 9.52. The molecule has 3 N–H and O–H groups in total. The number of carbonyl (C=O) groups is 1. The molecule has 0 saturated heterocycles. The summed E-state index contributed by atoms with van der Waals surface area (Å²) in [6.45, 7) is 2.69. The fourth-order valence-corrected chi connectivity index (χ4v) is 1.84. The number of hydrogen-bond donors (Lipinski definition) is 3. The standard InChI is InChI=1S/C13H18Cl2N2O3/c1-9(7-18)17-13(19)16-4-5-20-8-10-2-3-11(14)6-12(10)15/h2-3,6,9,18H,4-5,7-8H2,1H3,(H2,16,17,19)/t9-/m0/s1. The molecule has 0 aromatic heterocycles. The maximum atomic E-state index is 11.3. The highest BCUT2D eigenvalue weighted by atomic mass is 35.5. The number of aliphatic hydroxyl groups is 1. The highest BCUT2D eigenvalue weighted by molar-refractivity contribution is 6.35. The van der Waals surface area contributed by atoms with Crippen LogP contribution in [0, 0.1) is 0 Å². The number of ether oxygens (including phenoxy) is 1. The van der Waals surface area contributed by atoms with Gasteiger partial charge in [0, 0.05) is 16.6 Å². The molecule has 112 valence electrons. The van der Waals surface area contributed by atoms with E-state index in [1.807, 2.05) is 0 Å². The molecule has 1 atom stereocenters. The molecule has 1 rings (SSSR count). The molecule has 0 aliphatic heterocycles. The van der Waals surface area contributed by atoms with E-state index in [4.69, 9.17) is 33.0 Å². The van der Waals surface area contributed by atoms with E-state index in [-0.39, 0.29) is 18.7 Å². The fourth-order valence-electron chi connectivity index (χ4n) is 1.38. The lowest BCUT2D eigenvalue weighted by Gasteiger charge is -2.12. The van der Waals surface area contributed by atoms with E-state index >= 15 is 0 Å². The number of nitrogens with one attached hydrogen (secondary N) is 2. The first-order valence-corrected chi connectivity index (χ1v) is 6.95. The Kier molecular flexibility index (Phi) is 7.69. The van der Waals surface area contributed by atoms with Crippen LogP contribution in [0.2, 0.25) is 10.0 Å². The summed E-state index contributed by atoms with van der Waals surface area (Å²) in [4.78, 5) is 11.3. The van der Waals surface area contributed by atoms with Crippen LogP contribution in [-0.2, 0) is 11.3 Å². The summed E-state index contributed by atoms with van der Waals surface area (Å²) in [6.07, 6.45) is 0. The zero-order valence-corrected chi connectivity index (χ0v) is 12.7. The Labute approximate surface area is 128 Å². The van der Waals surface area contributed by atoms with Gasteiger partial charge in [-0.05, 0) is 24.6 Å². The molecule has 0 saturated carbocycles. The Bertz CT molecular complexity index is 444. The number of halogens is 2. The molecule has 0 fully saturated rings. The van der Waals surface area contributed by atoms with Crippen LogP contribution in [0.3, 0.4) is 0 Å². The second kappa shape index (κ2) is 9.02. The van der Waals surface area contributed by atoms with Crippen molar-refractivity contribution in [3.8, 4) is 0 Å². The Hall–Kier alpha value is -1.01. The minimum atomic E-state index is -0.334. The second-order valence-electron chi connectivity index (χ2n) is 4.27. The topological polar surface area (TPSA) is 70.6 Å². The molecule has 0 aliphatic carbocycles. The van der Waals surface area contributed by atoms with Gasteiger partial charge in [-0.1, -0.05) is 29.3 Å². The lowest BCUT2D eigenvalue weighted by molar-refractivity contribution is 0.123. The molecule has 0 spiro atoms. The summed E-state index contributed by atoms with van der Waals surface area (Å²) in [7, 11) is 0. The first kappa shape index (κ1) is 17.0. The van der Waals surface area contributed by atoms with Gasteiger partial charge in [-0.25, -0.2) is 4.79 Å². The fraction of sp³-hybridized carbons (Fsp3) is 0.462. The second-order valence-corrected chi connectivity index (χ2v) is 5.12. The van der Waals surface area contributed by atoms with Crippen molar-refractivity contribution in [3.63, 3.8) is 0 Å². The Morgan fingerprint density at radius 3 is 2.85 bits per heavy atom. The molecular weight excluding hydrogens is 303 g/mol. The summed E-state index contributed by atoms with van der Waals surface area (Å²) in [5, 5.41) is 15.1. The van der Waals surface area contributed by atoms with Gasteiger partial charge < -0.3 is 20.5 Å². The highest BCUT2D eigenvalue weighted by Gasteiger charge is 2.05. The largest absolute Gasteiger partial charge is 0.394 e. The third-order valence-corrected chi connectivity index (χ3v) is 3.04. The van der Waals surface area contributed by atoms with Crippen LogP contribution in [0.15, 0.2) is 18.2 Å². The van der Waals surface area contributed by atoms with Crippen molar-refractivity contribution in [1.29, 1.82) is 0 Å². The van der Waals surface area contributed by atoms with Crippen molar-refractivity contribution in [2.75, 3.05) is 19.8 Å². The van der Waals surface area contributed by atoms with Gasteiger partial charge in [0.1, 0.15) is 0 Å². The van der Waals surface area contributed by atoms with Gasteiger partial charge in [0.15, 0.2) is 0 Å². The van der Waals surface area contributed by atoms with Crippen molar-refractivity contribution in [2.45, 2.75) is 19.6 Å². The third-order valence-electron chi connectivity index (χ3n) is 2.46. The maximum Gasteiger partial charge on any atom is 0.315 e. The number of hydrogen-bond acceptors (Lipinski definition) is 3. The lowest BCUT2D eigenvalue weighted by atomic mass is 10.2. The first-order valence-electron chi connectivity index (χ1n) is 6.20. The predicted molar refractivity (Wildman–Crippen MR) is 79.2 cm³/mol. The van der Waals surface area contributed by atoms with Gasteiger partial charge in [-0.15, -0.1) is 0 Å². The number of amides is 2. The third kappa shape index (κ3) is 6.43. The van der Waals surface area contributed by atoms with Crippen LogP contribution in [0.1, 0.15) is 12.5 Å². The summed E-state index contributed by atoms with van der Waals surface area (Å²) in [5.74, 6) is 0. The van der Waals surface area contributed by atoms with E-state index in [1.54, 1.807) is 25.1 Å². The molecule has 0 unspecified atom stereocenters. The monoisotopic (exact) mass is 320 g/mol. The van der Waals surface area contributed by atoms with Crippen LogP contribution in [0.5, 0.6) is 0 Å². The number of benzene rings is 1. The van der Waals surface area contributed by atoms with Gasteiger partial charge in [0.25, 0.3) is 0 Å². The molecule has 0 bridgehead atoms. The average Bonchev–Trinajstić information content (AvgIpc) is 2.40. The Balaban J connectivity index is 2.17. The van der Waals surface area contributed by atoms with Crippen LogP contribution in [-0.4, -0.2) is 36.9 Å². The van der Waals surface area contributed by atoms with Crippen molar-refractivity contribution in [2.24, 2.45) is 0 Å². The highest BCUT2D eigenvalue weighted by Crippen LogP contribution is 2.21. The zero-order chi connectivity index (χ0) is 15.0. The number of carbonyl (C=O) groups excluding carboxylic acids is 1. The maximum absolute atomic E-state index is 11.3. The van der Waals surface area contributed by atoms with Gasteiger partial charge in [-0.3, -0.25) is 0 Å². The average molecular weight is 321 g/mol. The minimum Gasteiger partial charge on any atom is -0.394 e. The van der Waals surface area contributed by atoms with Crippen LogP contribution in [0.4, 0.5) is 4.79 Å². The van der Waals surface area contributed by atoms with Gasteiger partial charge >= 0.3 is 6.03 Å². The summed E-state index contributed by atoms with van der Waals surface area (Å²) < 4.78 is 5.40. The molecule has 0 radical (unpaired) electrons. The van der Waals surface area contributed by atoms with E-state index in [2.05, 4.69) is 10.6 Å². The lowest BCUT2D eigenvalue weighted by Crippen LogP contribution is -2.43. The molecule has 5 nitrogen and oxygen atoms in total. The smallest absolute Gasteiger partial charge is 0.315 e. The molecule has 2 amide bonds. The van der Waals surface area contributed by atoms with E-state index < -0.39 is 0 Å². The molecule has 0 heterocycles. The molecule has 1 aromatic rings. The molecular formula is C13H18Cl2N2O3. The van der Waals surface area contributed by atoms with E-state index in [9.17, 15) is 4.79 Å². The van der Waals surface area contributed by atoms with Gasteiger partial charge in [0.2, 0.25) is 0 Å². The summed E-state index contributed by atoms with van der Waals surface area (Å²) in [5.41, 5.74) is 0.842. The molecule has 1 aromatic carbocycles. The van der Waals surface area contributed by atoms with Crippen LogP contribution < -0.4 is 10.6 Å². The SMILES string of the molecule is C[C@@H](CO)NC(=O)NCCOCc1ccc(Cl)cc1Cl. The summed E-state index contributed by atoms with van der Waals surface area (Å²) >= 11 is 11.8. The number of aliphatic hydroxyl groups excluding tert-OH is 1. The van der Waals surface area contributed by atoms with Crippen molar-refractivity contribution >= 4 is 29.2 Å². The van der Waals surface area contributed by atoms with Gasteiger partial charge in [0.05, 0.1) is 25.9 Å². The van der Waals surface area contributed by atoms with Crippen LogP contribution in [0.25, 0.3) is 0 Å². The summed E-state index contributed by atoms with van der Waals surface area (Å²) in [6, 6.07) is 4.59. The molecule has 7 heteroatoms. The quantitative estimate of drug-likeness (QED) is 0.674. The van der Waals surface area contributed by atoms with Crippen molar-refractivity contribution < 1.29 is 14.6 Å². The Morgan fingerprint density at radius 2 is 2.20 bits per heavy atom. The minimum absolute atomic E-state index is 0.0982. The molecule has 20 heavy (non-hydrogen) atoms. The number of rotatable bonds is 7. The predicted octanol–water partition coefficient (Wildman–Crippen LogP) is 2.19. The van der Waals surface area contributed by atoms with Crippen LogP contribution >= 0.6 is 23.2 Å². The number of urea groups is 1. The Morgan fingerprint density at radius 1 is 1.45 bits per heavy atom. The van der Waals surface area contributed by atoms with E-state index in [0.29, 0.717) is 29.8 Å². The molecule has 0 aliphatic rings. The zero-order valence-electron chi connectivity index (χ0n) is 11.2. The van der Waals surface area contributed by atoms with E-state index in [0.717, 1.165) is 5.56 Å². The normalized spacial score (nSPS) is 12.0. The van der Waals surface area contributed by atoms with Crippen molar-refractivity contribution in [3.05, 3.63) is 33.8 Å². The van der Waals surface area contributed by atoms with E-state index in [1.165, 1.54) is 0 Å².